The normalized spacial score (nSPS) is 18.8. The highest BCUT2D eigenvalue weighted by molar-refractivity contribution is 6.30. The van der Waals surface area contributed by atoms with Crippen LogP contribution < -0.4 is 0 Å². The van der Waals surface area contributed by atoms with Gasteiger partial charge in [0.05, 0.1) is 0 Å². The molecule has 0 saturated heterocycles. The maximum absolute atomic E-state index is 12.1. The topological polar surface area (TPSA) is 20.3 Å². The van der Waals surface area contributed by atoms with Crippen LogP contribution in [0.4, 0.5) is 0 Å². The van der Waals surface area contributed by atoms with Crippen LogP contribution in [-0.2, 0) is 0 Å². The quantitative estimate of drug-likeness (QED) is 0.707. The number of hydrogen-bond acceptors (Lipinski definition) is 2. The average Bonchev–Trinajstić information content (AvgIpc) is 3.27. The summed E-state index contributed by atoms with van der Waals surface area (Å²) in [5, 5.41) is 0.685. The van der Waals surface area contributed by atoms with Crippen molar-refractivity contribution in [3.8, 4) is 0 Å². The first-order valence-electron chi connectivity index (χ1n) is 7.25. The van der Waals surface area contributed by atoms with Gasteiger partial charge in [0, 0.05) is 36.1 Å². The van der Waals surface area contributed by atoms with E-state index in [-0.39, 0.29) is 5.78 Å². The van der Waals surface area contributed by atoms with E-state index in [4.69, 9.17) is 11.6 Å². The minimum Gasteiger partial charge on any atom is -0.300 e. The van der Waals surface area contributed by atoms with Gasteiger partial charge in [0.2, 0.25) is 0 Å². The van der Waals surface area contributed by atoms with Gasteiger partial charge in [-0.2, -0.15) is 0 Å². The molecule has 0 atom stereocenters. The van der Waals surface area contributed by atoms with E-state index in [0.717, 1.165) is 24.1 Å². The second-order valence-corrected chi connectivity index (χ2v) is 6.29. The third-order valence-corrected chi connectivity index (χ3v) is 4.30. The smallest absolute Gasteiger partial charge is 0.164 e. The van der Waals surface area contributed by atoms with Gasteiger partial charge in [0.25, 0.3) is 0 Å². The molecule has 2 fully saturated rings. The van der Waals surface area contributed by atoms with Crippen molar-refractivity contribution in [1.82, 2.24) is 4.90 Å². The number of ketones is 1. The first-order chi connectivity index (χ1) is 9.22. The van der Waals surface area contributed by atoms with Crippen molar-refractivity contribution in [2.75, 3.05) is 13.1 Å². The SMILES string of the molecule is O=C(CCN(CC1CC1)C1CC1)c1ccc(Cl)cc1. The van der Waals surface area contributed by atoms with Crippen molar-refractivity contribution < 1.29 is 4.79 Å². The Bertz CT molecular complexity index is 448. The summed E-state index contributed by atoms with van der Waals surface area (Å²) in [4.78, 5) is 14.7. The number of rotatable bonds is 7. The highest BCUT2D eigenvalue weighted by Gasteiger charge is 2.33. The molecule has 0 aliphatic heterocycles. The minimum atomic E-state index is 0.234. The summed E-state index contributed by atoms with van der Waals surface area (Å²) in [5.74, 6) is 1.14. The molecule has 2 aliphatic carbocycles. The Kier molecular flexibility index (Phi) is 3.90. The van der Waals surface area contributed by atoms with Gasteiger partial charge in [0.15, 0.2) is 5.78 Å². The molecule has 3 rings (SSSR count). The summed E-state index contributed by atoms with van der Waals surface area (Å²) < 4.78 is 0. The van der Waals surface area contributed by atoms with E-state index in [1.165, 1.54) is 32.2 Å². The zero-order chi connectivity index (χ0) is 13.2. The Morgan fingerprint density at radius 3 is 2.42 bits per heavy atom. The van der Waals surface area contributed by atoms with Crippen LogP contribution in [0.25, 0.3) is 0 Å². The molecule has 0 N–H and O–H groups in total. The largest absolute Gasteiger partial charge is 0.300 e. The van der Waals surface area contributed by atoms with Crippen LogP contribution >= 0.6 is 11.6 Å². The molecule has 0 amide bonds. The standard InChI is InChI=1S/C16H20ClNO/c17-14-5-3-13(4-6-14)16(19)9-10-18(15-7-8-15)11-12-1-2-12/h3-6,12,15H,1-2,7-11H2. The molecule has 2 saturated carbocycles. The lowest BCUT2D eigenvalue weighted by Gasteiger charge is -2.21. The van der Waals surface area contributed by atoms with E-state index >= 15 is 0 Å². The summed E-state index contributed by atoms with van der Waals surface area (Å²) >= 11 is 5.84. The lowest BCUT2D eigenvalue weighted by Crippen LogP contribution is -2.30. The summed E-state index contributed by atoms with van der Waals surface area (Å²) in [6.45, 7) is 2.13. The second-order valence-electron chi connectivity index (χ2n) is 5.85. The van der Waals surface area contributed by atoms with Crippen LogP contribution in [0.15, 0.2) is 24.3 Å². The van der Waals surface area contributed by atoms with Gasteiger partial charge < -0.3 is 0 Å². The molecule has 3 heteroatoms. The molecule has 0 radical (unpaired) electrons. The number of Topliss-reactive ketones (excluding diaryl/α,β-unsaturated/α-hetero) is 1. The first-order valence-corrected chi connectivity index (χ1v) is 7.63. The van der Waals surface area contributed by atoms with Crippen molar-refractivity contribution in [2.24, 2.45) is 5.92 Å². The molecule has 1 aromatic rings. The van der Waals surface area contributed by atoms with Crippen molar-refractivity contribution >= 4 is 17.4 Å². The van der Waals surface area contributed by atoms with E-state index in [1.54, 1.807) is 12.1 Å². The van der Waals surface area contributed by atoms with Crippen LogP contribution in [0, 0.1) is 5.92 Å². The van der Waals surface area contributed by atoms with E-state index in [2.05, 4.69) is 4.90 Å². The minimum absolute atomic E-state index is 0.234. The van der Waals surface area contributed by atoms with Crippen LogP contribution in [0.2, 0.25) is 5.02 Å². The number of benzene rings is 1. The molecular weight excluding hydrogens is 258 g/mol. The van der Waals surface area contributed by atoms with Crippen molar-refractivity contribution in [3.63, 3.8) is 0 Å². The number of carbonyl (C=O) groups excluding carboxylic acids is 1. The molecule has 0 heterocycles. The molecule has 102 valence electrons. The van der Waals surface area contributed by atoms with Gasteiger partial charge in [-0.05, 0) is 55.9 Å². The van der Waals surface area contributed by atoms with Gasteiger partial charge in [-0.25, -0.2) is 0 Å². The third kappa shape index (κ3) is 3.80. The van der Waals surface area contributed by atoms with Crippen LogP contribution in [0.1, 0.15) is 42.5 Å². The van der Waals surface area contributed by atoms with Crippen LogP contribution in [0.5, 0.6) is 0 Å². The van der Waals surface area contributed by atoms with Gasteiger partial charge >= 0.3 is 0 Å². The summed E-state index contributed by atoms with van der Waals surface area (Å²) in [5.41, 5.74) is 0.784. The molecule has 2 nitrogen and oxygen atoms in total. The number of hydrogen-bond donors (Lipinski definition) is 0. The summed E-state index contributed by atoms with van der Waals surface area (Å²) in [6.07, 6.45) is 6.04. The second kappa shape index (κ2) is 5.64. The van der Waals surface area contributed by atoms with Crippen molar-refractivity contribution in [2.45, 2.75) is 38.1 Å². The Morgan fingerprint density at radius 2 is 1.84 bits per heavy atom. The molecule has 0 spiro atoms. The van der Waals surface area contributed by atoms with Gasteiger partial charge in [0.1, 0.15) is 0 Å². The number of nitrogens with zero attached hydrogens (tertiary/aromatic N) is 1. The lowest BCUT2D eigenvalue weighted by molar-refractivity contribution is 0.0961. The average molecular weight is 278 g/mol. The van der Waals surface area contributed by atoms with E-state index < -0.39 is 0 Å². The summed E-state index contributed by atoms with van der Waals surface area (Å²) in [7, 11) is 0. The zero-order valence-corrected chi connectivity index (χ0v) is 11.9. The molecule has 0 aromatic heterocycles. The van der Waals surface area contributed by atoms with Crippen molar-refractivity contribution in [3.05, 3.63) is 34.9 Å². The fourth-order valence-corrected chi connectivity index (χ4v) is 2.65. The fourth-order valence-electron chi connectivity index (χ4n) is 2.52. The zero-order valence-electron chi connectivity index (χ0n) is 11.1. The molecule has 19 heavy (non-hydrogen) atoms. The predicted molar refractivity (Wildman–Crippen MR) is 77.7 cm³/mol. The summed E-state index contributed by atoms with van der Waals surface area (Å²) in [6, 6.07) is 7.99. The maximum Gasteiger partial charge on any atom is 0.164 e. The highest BCUT2D eigenvalue weighted by Crippen LogP contribution is 2.34. The lowest BCUT2D eigenvalue weighted by atomic mass is 10.1. The number of halogens is 1. The van der Waals surface area contributed by atoms with Crippen LogP contribution in [-0.4, -0.2) is 29.8 Å². The Morgan fingerprint density at radius 1 is 1.16 bits per heavy atom. The molecular formula is C16H20ClNO. The third-order valence-electron chi connectivity index (χ3n) is 4.05. The Balaban J connectivity index is 1.52. The van der Waals surface area contributed by atoms with E-state index in [0.29, 0.717) is 11.4 Å². The molecule has 1 aromatic carbocycles. The fraction of sp³-hybridized carbons (Fsp3) is 0.562. The van der Waals surface area contributed by atoms with Gasteiger partial charge in [-0.1, -0.05) is 11.6 Å². The van der Waals surface area contributed by atoms with Crippen LogP contribution in [0.3, 0.4) is 0 Å². The Hall–Kier alpha value is -0.860. The molecule has 2 aliphatic rings. The van der Waals surface area contributed by atoms with E-state index in [9.17, 15) is 4.79 Å². The van der Waals surface area contributed by atoms with Gasteiger partial charge in [-0.15, -0.1) is 0 Å². The highest BCUT2D eigenvalue weighted by atomic mass is 35.5. The first kappa shape index (κ1) is 13.1. The Labute approximate surface area is 119 Å². The molecule has 0 unspecified atom stereocenters. The monoisotopic (exact) mass is 277 g/mol. The number of carbonyl (C=O) groups is 1. The maximum atomic E-state index is 12.1. The molecule has 0 bridgehead atoms. The van der Waals surface area contributed by atoms with Gasteiger partial charge in [-0.3, -0.25) is 9.69 Å². The van der Waals surface area contributed by atoms with Crippen molar-refractivity contribution in [1.29, 1.82) is 0 Å². The predicted octanol–water partition coefficient (Wildman–Crippen LogP) is 3.79. The van der Waals surface area contributed by atoms with E-state index in [1.807, 2.05) is 12.1 Å².